The Morgan fingerprint density at radius 2 is 2.36 bits per heavy atom. The maximum Gasteiger partial charge on any atom is 0.128 e. The Morgan fingerprint density at radius 3 is 2.93 bits per heavy atom. The molecule has 1 rings (SSSR count). The van der Waals surface area contributed by atoms with Gasteiger partial charge in [0.05, 0.1) is 0 Å². The molecule has 1 unspecified atom stereocenters. The Balaban J connectivity index is 2.57. The van der Waals surface area contributed by atoms with E-state index in [1.807, 2.05) is 12.1 Å². The molecule has 1 heterocycles. The summed E-state index contributed by atoms with van der Waals surface area (Å²) in [7, 11) is 0. The molecular formula is C10H17N3O. The minimum atomic E-state index is 0.188. The van der Waals surface area contributed by atoms with Crippen molar-refractivity contribution in [2.24, 2.45) is 0 Å². The Bertz CT molecular complexity index is 278. The second-order valence-corrected chi connectivity index (χ2v) is 3.21. The van der Waals surface area contributed by atoms with Crippen LogP contribution in [0.4, 0.5) is 11.6 Å². The number of aromatic nitrogens is 1. The number of nitrogens with zero attached hydrogens (tertiary/aromatic N) is 1. The number of nitrogens with one attached hydrogen (secondary N) is 1. The predicted molar refractivity (Wildman–Crippen MR) is 58.1 cm³/mol. The van der Waals surface area contributed by atoms with Gasteiger partial charge in [-0.3, -0.25) is 0 Å². The van der Waals surface area contributed by atoms with Crippen molar-refractivity contribution < 1.29 is 5.11 Å². The van der Waals surface area contributed by atoms with Crippen LogP contribution >= 0.6 is 0 Å². The van der Waals surface area contributed by atoms with E-state index in [-0.39, 0.29) is 12.6 Å². The maximum atomic E-state index is 8.82. The molecule has 4 N–H and O–H groups in total. The van der Waals surface area contributed by atoms with Crippen molar-refractivity contribution in [3.63, 3.8) is 0 Å². The standard InChI is InChI=1S/C10H17N3O/c1-2-8(6-7-14)12-10-5-3-4-9(11)13-10/h3-5,8,14H,2,6-7H2,1H3,(H3,11,12,13). The van der Waals surface area contributed by atoms with E-state index in [2.05, 4.69) is 17.2 Å². The number of nitrogens with two attached hydrogens (primary N) is 1. The third-order valence-electron chi connectivity index (χ3n) is 2.09. The van der Waals surface area contributed by atoms with Crippen molar-refractivity contribution in [2.45, 2.75) is 25.8 Å². The molecular weight excluding hydrogens is 178 g/mol. The second kappa shape index (κ2) is 5.44. The zero-order valence-corrected chi connectivity index (χ0v) is 8.40. The second-order valence-electron chi connectivity index (χ2n) is 3.21. The molecule has 1 aromatic heterocycles. The number of anilines is 2. The number of rotatable bonds is 5. The van der Waals surface area contributed by atoms with Gasteiger partial charge in [-0.05, 0) is 25.0 Å². The van der Waals surface area contributed by atoms with E-state index in [1.54, 1.807) is 6.07 Å². The van der Waals surface area contributed by atoms with Crippen LogP contribution < -0.4 is 11.1 Å². The number of hydrogen-bond acceptors (Lipinski definition) is 4. The van der Waals surface area contributed by atoms with E-state index >= 15 is 0 Å². The first-order chi connectivity index (χ1) is 6.76. The van der Waals surface area contributed by atoms with Crippen LogP contribution in [-0.2, 0) is 0 Å². The monoisotopic (exact) mass is 195 g/mol. The van der Waals surface area contributed by atoms with Gasteiger partial charge in [0.15, 0.2) is 0 Å². The molecule has 0 bridgehead atoms. The van der Waals surface area contributed by atoms with Crippen LogP contribution in [0.5, 0.6) is 0 Å². The fourth-order valence-electron chi connectivity index (χ4n) is 1.28. The van der Waals surface area contributed by atoms with Gasteiger partial charge in [0.1, 0.15) is 11.6 Å². The number of aliphatic hydroxyl groups excluding tert-OH is 1. The number of pyridine rings is 1. The van der Waals surface area contributed by atoms with E-state index in [4.69, 9.17) is 10.8 Å². The molecule has 4 nitrogen and oxygen atoms in total. The first-order valence-corrected chi connectivity index (χ1v) is 4.86. The van der Waals surface area contributed by atoms with E-state index < -0.39 is 0 Å². The lowest BCUT2D eigenvalue weighted by molar-refractivity contribution is 0.278. The molecule has 1 atom stereocenters. The summed E-state index contributed by atoms with van der Waals surface area (Å²) in [5, 5.41) is 12.0. The summed E-state index contributed by atoms with van der Waals surface area (Å²) in [4.78, 5) is 4.13. The average molecular weight is 195 g/mol. The zero-order chi connectivity index (χ0) is 10.4. The molecule has 14 heavy (non-hydrogen) atoms. The van der Waals surface area contributed by atoms with Crippen LogP contribution in [0.15, 0.2) is 18.2 Å². The third-order valence-corrected chi connectivity index (χ3v) is 2.09. The van der Waals surface area contributed by atoms with Crippen molar-refractivity contribution >= 4 is 11.6 Å². The number of nitrogen functional groups attached to an aromatic ring is 1. The van der Waals surface area contributed by atoms with Gasteiger partial charge < -0.3 is 16.2 Å². The van der Waals surface area contributed by atoms with Gasteiger partial charge in [-0.25, -0.2) is 4.98 Å². The first-order valence-electron chi connectivity index (χ1n) is 4.86. The summed E-state index contributed by atoms with van der Waals surface area (Å²) in [6.45, 7) is 2.26. The van der Waals surface area contributed by atoms with Gasteiger partial charge in [-0.15, -0.1) is 0 Å². The van der Waals surface area contributed by atoms with Gasteiger partial charge in [-0.2, -0.15) is 0 Å². The average Bonchev–Trinajstić information content (AvgIpc) is 2.17. The normalized spacial score (nSPS) is 12.4. The topological polar surface area (TPSA) is 71.2 Å². The van der Waals surface area contributed by atoms with Crippen molar-refractivity contribution in [1.29, 1.82) is 0 Å². The number of aliphatic hydroxyl groups is 1. The van der Waals surface area contributed by atoms with Crippen molar-refractivity contribution in [3.05, 3.63) is 18.2 Å². The molecule has 0 spiro atoms. The molecule has 78 valence electrons. The zero-order valence-electron chi connectivity index (χ0n) is 8.40. The highest BCUT2D eigenvalue weighted by Crippen LogP contribution is 2.10. The molecule has 0 aromatic carbocycles. The lowest BCUT2D eigenvalue weighted by Crippen LogP contribution is -2.20. The Labute approximate surface area is 84.2 Å². The molecule has 0 aliphatic rings. The van der Waals surface area contributed by atoms with Gasteiger partial charge in [0.2, 0.25) is 0 Å². The summed E-state index contributed by atoms with van der Waals surface area (Å²) in [5.41, 5.74) is 5.55. The minimum absolute atomic E-state index is 0.188. The van der Waals surface area contributed by atoms with Gasteiger partial charge >= 0.3 is 0 Å². The summed E-state index contributed by atoms with van der Waals surface area (Å²) < 4.78 is 0. The van der Waals surface area contributed by atoms with Crippen LogP contribution in [0.3, 0.4) is 0 Å². The van der Waals surface area contributed by atoms with Gasteiger partial charge in [0.25, 0.3) is 0 Å². The largest absolute Gasteiger partial charge is 0.396 e. The van der Waals surface area contributed by atoms with Crippen molar-refractivity contribution in [1.82, 2.24) is 4.98 Å². The molecule has 0 saturated heterocycles. The van der Waals surface area contributed by atoms with Crippen LogP contribution in [0.25, 0.3) is 0 Å². The summed E-state index contributed by atoms with van der Waals surface area (Å²) >= 11 is 0. The summed E-state index contributed by atoms with van der Waals surface area (Å²) in [6, 6.07) is 5.74. The Kier molecular flexibility index (Phi) is 4.19. The molecule has 0 amide bonds. The fourth-order valence-corrected chi connectivity index (χ4v) is 1.28. The highest BCUT2D eigenvalue weighted by Gasteiger charge is 2.05. The molecule has 0 fully saturated rings. The van der Waals surface area contributed by atoms with Crippen LogP contribution in [-0.4, -0.2) is 22.7 Å². The molecule has 0 radical (unpaired) electrons. The third kappa shape index (κ3) is 3.22. The SMILES string of the molecule is CCC(CCO)Nc1cccc(N)n1. The highest BCUT2D eigenvalue weighted by atomic mass is 16.3. The van der Waals surface area contributed by atoms with E-state index in [9.17, 15) is 0 Å². The van der Waals surface area contributed by atoms with Crippen molar-refractivity contribution in [2.75, 3.05) is 17.7 Å². The van der Waals surface area contributed by atoms with Crippen molar-refractivity contribution in [3.8, 4) is 0 Å². The first kappa shape index (κ1) is 10.8. The molecule has 0 aliphatic carbocycles. The predicted octanol–water partition coefficient (Wildman–Crippen LogP) is 1.24. The van der Waals surface area contributed by atoms with Crippen LogP contribution in [0.2, 0.25) is 0 Å². The Hall–Kier alpha value is -1.29. The summed E-state index contributed by atoms with van der Waals surface area (Å²) in [5.74, 6) is 1.28. The van der Waals surface area contributed by atoms with Crippen LogP contribution in [0, 0.1) is 0 Å². The number of hydrogen-bond donors (Lipinski definition) is 3. The fraction of sp³-hybridized carbons (Fsp3) is 0.500. The lowest BCUT2D eigenvalue weighted by Gasteiger charge is -2.16. The quantitative estimate of drug-likeness (QED) is 0.661. The van der Waals surface area contributed by atoms with E-state index in [0.717, 1.165) is 18.7 Å². The highest BCUT2D eigenvalue weighted by molar-refractivity contribution is 5.42. The van der Waals surface area contributed by atoms with E-state index in [1.165, 1.54) is 0 Å². The van der Waals surface area contributed by atoms with Gasteiger partial charge in [0, 0.05) is 12.6 Å². The molecule has 0 saturated carbocycles. The molecule has 1 aromatic rings. The molecule has 0 aliphatic heterocycles. The summed E-state index contributed by atoms with van der Waals surface area (Å²) in [6.07, 6.45) is 1.68. The lowest BCUT2D eigenvalue weighted by atomic mass is 10.1. The maximum absolute atomic E-state index is 8.82. The minimum Gasteiger partial charge on any atom is -0.396 e. The van der Waals surface area contributed by atoms with Gasteiger partial charge in [-0.1, -0.05) is 13.0 Å². The van der Waals surface area contributed by atoms with E-state index in [0.29, 0.717) is 5.82 Å². The van der Waals surface area contributed by atoms with Crippen LogP contribution in [0.1, 0.15) is 19.8 Å². The Morgan fingerprint density at radius 1 is 1.57 bits per heavy atom. The molecule has 4 heteroatoms. The smallest absolute Gasteiger partial charge is 0.128 e.